The van der Waals surface area contributed by atoms with Crippen LogP contribution in [0.5, 0.6) is 0 Å². The molecule has 0 radical (unpaired) electrons. The fourth-order valence-electron chi connectivity index (χ4n) is 6.57. The number of aromatic nitrogens is 5. The second-order valence-corrected chi connectivity index (χ2v) is 13.8. The van der Waals surface area contributed by atoms with E-state index >= 15 is 0 Å². The molecule has 0 spiro atoms. The molecule has 0 amide bonds. The van der Waals surface area contributed by atoms with Crippen LogP contribution in [-0.4, -0.2) is 71.4 Å². The van der Waals surface area contributed by atoms with Crippen molar-refractivity contribution in [3.8, 4) is 0 Å². The zero-order valence-corrected chi connectivity index (χ0v) is 26.6. The molecule has 7 rings (SSSR count). The minimum Gasteiger partial charge on any atom is -0.367 e. The molecule has 0 atom stereocenters. The summed E-state index contributed by atoms with van der Waals surface area (Å²) in [6.07, 6.45) is 7.23. The number of piperazine rings is 1. The fourth-order valence-corrected chi connectivity index (χ4v) is 7.88. The number of sulfonamides is 1. The van der Waals surface area contributed by atoms with Crippen molar-refractivity contribution >= 4 is 44.2 Å². The molecule has 12 heteroatoms. The zero-order chi connectivity index (χ0) is 31.3. The van der Waals surface area contributed by atoms with Crippen molar-refractivity contribution < 1.29 is 8.42 Å². The van der Waals surface area contributed by atoms with E-state index in [1.807, 2.05) is 41.3 Å². The van der Waals surface area contributed by atoms with Gasteiger partial charge in [-0.2, -0.15) is 15.3 Å². The maximum absolute atomic E-state index is 14.0. The molecule has 2 N–H and O–H groups in total. The first kappa shape index (κ1) is 30.3. The fraction of sp³-hybridized carbons (Fsp3) is 0.353. The van der Waals surface area contributed by atoms with Gasteiger partial charge >= 0.3 is 0 Å². The lowest BCUT2D eigenvalue weighted by Crippen LogP contribution is -2.46. The molecule has 0 unspecified atom stereocenters. The van der Waals surface area contributed by atoms with E-state index in [4.69, 9.17) is 4.98 Å². The van der Waals surface area contributed by atoms with Gasteiger partial charge in [0.25, 0.3) is 0 Å². The number of H-pyrrole nitrogens is 1. The van der Waals surface area contributed by atoms with Crippen molar-refractivity contribution in [1.29, 1.82) is 0 Å². The lowest BCUT2D eigenvalue weighted by Gasteiger charge is -2.38. The summed E-state index contributed by atoms with van der Waals surface area (Å²) < 4.78 is 30.9. The quantitative estimate of drug-likeness (QED) is 0.207. The predicted octanol–water partition coefficient (Wildman–Crippen LogP) is 5.40. The standard InChI is InChI=1S/C34H39N9O2S/c44-46(45,36-23-26-11-3-1-4-12-26)32-18-10-9-17-31(32)43(34-35-24-28-33(37-34)39-40-38-28)30-16-8-7-15-29(30)42-21-19-41(20-22-42)25-27-13-5-2-6-14-27/h2,5-10,13-18,24,26,36H,1,3-4,11-12,19-23,25H2,(H,35,37,38,39,40). The van der Waals surface area contributed by atoms with Gasteiger partial charge in [-0.25, -0.2) is 18.1 Å². The summed E-state index contributed by atoms with van der Waals surface area (Å²) in [5.41, 5.74) is 4.47. The van der Waals surface area contributed by atoms with Crippen LogP contribution in [0.2, 0.25) is 0 Å². The summed E-state index contributed by atoms with van der Waals surface area (Å²) >= 11 is 0. The molecule has 238 valence electrons. The first-order valence-corrected chi connectivity index (χ1v) is 17.6. The Hall–Kier alpha value is -4.39. The van der Waals surface area contributed by atoms with Gasteiger partial charge in [-0.3, -0.25) is 9.80 Å². The van der Waals surface area contributed by atoms with Crippen molar-refractivity contribution in [2.75, 3.05) is 42.5 Å². The van der Waals surface area contributed by atoms with Gasteiger partial charge in [0.1, 0.15) is 10.4 Å². The highest BCUT2D eigenvalue weighted by Gasteiger charge is 2.29. The van der Waals surface area contributed by atoms with Crippen molar-refractivity contribution in [3.05, 3.63) is 90.6 Å². The average molecular weight is 638 g/mol. The summed E-state index contributed by atoms with van der Waals surface area (Å²) in [5.74, 6) is 0.664. The van der Waals surface area contributed by atoms with E-state index in [1.54, 1.807) is 18.3 Å². The number of benzene rings is 3. The second kappa shape index (κ2) is 13.5. The molecular weight excluding hydrogens is 599 g/mol. The third-order valence-corrected chi connectivity index (χ3v) is 10.5. The number of aromatic amines is 1. The third kappa shape index (κ3) is 6.60. The highest BCUT2D eigenvalue weighted by atomic mass is 32.2. The van der Waals surface area contributed by atoms with Crippen LogP contribution in [0.25, 0.3) is 11.2 Å². The molecule has 2 fully saturated rings. The Kier molecular flexibility index (Phi) is 8.91. The molecule has 1 aliphatic heterocycles. The Balaban J connectivity index is 1.24. The number of hydrogen-bond donors (Lipinski definition) is 2. The monoisotopic (exact) mass is 637 g/mol. The Labute approximate surface area is 269 Å². The minimum atomic E-state index is -3.86. The molecule has 1 saturated carbocycles. The van der Waals surface area contributed by atoms with Crippen molar-refractivity contribution in [1.82, 2.24) is 35.0 Å². The number of fused-ring (bicyclic) bond motifs is 1. The smallest absolute Gasteiger partial charge is 0.242 e. The van der Waals surface area contributed by atoms with Crippen LogP contribution < -0.4 is 14.5 Å². The lowest BCUT2D eigenvalue weighted by molar-refractivity contribution is 0.250. The van der Waals surface area contributed by atoms with E-state index in [9.17, 15) is 8.42 Å². The molecule has 3 aromatic carbocycles. The topological polar surface area (TPSA) is 123 Å². The highest BCUT2D eigenvalue weighted by Crippen LogP contribution is 2.42. The Morgan fingerprint density at radius 1 is 0.826 bits per heavy atom. The molecule has 0 bridgehead atoms. The normalized spacial score (nSPS) is 16.6. The predicted molar refractivity (Wildman–Crippen MR) is 180 cm³/mol. The van der Waals surface area contributed by atoms with Crippen LogP contribution in [0.4, 0.5) is 23.0 Å². The molecule has 1 saturated heterocycles. The Morgan fingerprint density at radius 3 is 2.35 bits per heavy atom. The molecule has 2 aromatic heterocycles. The van der Waals surface area contributed by atoms with Crippen LogP contribution >= 0.6 is 0 Å². The van der Waals surface area contributed by atoms with Gasteiger partial charge in [-0.1, -0.05) is 73.9 Å². The van der Waals surface area contributed by atoms with E-state index < -0.39 is 10.0 Å². The largest absolute Gasteiger partial charge is 0.367 e. The molecule has 1 aliphatic carbocycles. The zero-order valence-electron chi connectivity index (χ0n) is 25.8. The number of nitrogens with one attached hydrogen (secondary N) is 2. The van der Waals surface area contributed by atoms with E-state index in [2.05, 4.69) is 65.2 Å². The van der Waals surface area contributed by atoms with Crippen molar-refractivity contribution in [2.45, 2.75) is 43.5 Å². The van der Waals surface area contributed by atoms with E-state index in [1.165, 1.54) is 12.0 Å². The molecule has 5 aromatic rings. The number of anilines is 4. The van der Waals surface area contributed by atoms with Gasteiger partial charge in [0.2, 0.25) is 21.6 Å². The summed E-state index contributed by atoms with van der Waals surface area (Å²) in [6, 6.07) is 25.7. The van der Waals surface area contributed by atoms with Crippen LogP contribution in [-0.2, 0) is 16.6 Å². The maximum Gasteiger partial charge on any atom is 0.242 e. The van der Waals surface area contributed by atoms with Crippen molar-refractivity contribution in [2.24, 2.45) is 5.92 Å². The molecule has 46 heavy (non-hydrogen) atoms. The lowest BCUT2D eigenvalue weighted by atomic mass is 9.90. The maximum atomic E-state index is 14.0. The molecule has 2 aliphatic rings. The second-order valence-electron chi connectivity index (χ2n) is 12.1. The van der Waals surface area contributed by atoms with Gasteiger partial charge < -0.3 is 4.90 Å². The minimum absolute atomic E-state index is 0.178. The van der Waals surface area contributed by atoms with Gasteiger partial charge in [-0.15, -0.1) is 5.10 Å². The van der Waals surface area contributed by atoms with Crippen LogP contribution in [0.15, 0.2) is 90.0 Å². The average Bonchev–Trinajstić information content (AvgIpc) is 3.58. The van der Waals surface area contributed by atoms with Crippen molar-refractivity contribution in [3.63, 3.8) is 0 Å². The van der Waals surface area contributed by atoms with E-state index in [0.717, 1.165) is 69.8 Å². The van der Waals surface area contributed by atoms with Crippen LogP contribution in [0, 0.1) is 5.92 Å². The summed E-state index contributed by atoms with van der Waals surface area (Å²) in [5, 5.41) is 10.9. The van der Waals surface area contributed by atoms with Crippen LogP contribution in [0.1, 0.15) is 37.7 Å². The van der Waals surface area contributed by atoms with Gasteiger partial charge in [0, 0.05) is 39.3 Å². The van der Waals surface area contributed by atoms with Gasteiger partial charge in [0.05, 0.1) is 23.3 Å². The van der Waals surface area contributed by atoms with E-state index in [0.29, 0.717) is 35.3 Å². The summed E-state index contributed by atoms with van der Waals surface area (Å²) in [4.78, 5) is 16.3. The summed E-state index contributed by atoms with van der Waals surface area (Å²) in [7, 11) is -3.86. The number of para-hydroxylation sites is 3. The highest BCUT2D eigenvalue weighted by molar-refractivity contribution is 7.89. The SMILES string of the molecule is O=S(=O)(NCC1CCCCC1)c1ccccc1N(c1ncc2n[nH]nc2n1)c1ccccc1N1CCN(Cc2ccccc2)CC1. The van der Waals surface area contributed by atoms with Crippen LogP contribution in [0.3, 0.4) is 0 Å². The first-order chi connectivity index (χ1) is 22.5. The Morgan fingerprint density at radius 2 is 1.54 bits per heavy atom. The number of nitrogens with zero attached hydrogens (tertiary/aromatic N) is 7. The summed E-state index contributed by atoms with van der Waals surface area (Å²) in [6.45, 7) is 4.80. The van der Waals surface area contributed by atoms with E-state index in [-0.39, 0.29) is 4.90 Å². The third-order valence-electron chi connectivity index (χ3n) is 9.03. The first-order valence-electron chi connectivity index (χ1n) is 16.1. The molecule has 3 heterocycles. The Bertz CT molecular complexity index is 1870. The van der Waals surface area contributed by atoms with Gasteiger partial charge in [0.15, 0.2) is 0 Å². The molecular formula is C34H39N9O2S. The number of rotatable bonds is 10. The van der Waals surface area contributed by atoms with Gasteiger partial charge in [-0.05, 0) is 48.6 Å². The number of hydrogen-bond acceptors (Lipinski definition) is 9. The molecule has 11 nitrogen and oxygen atoms in total.